The van der Waals surface area contributed by atoms with E-state index in [1.54, 1.807) is 0 Å². The van der Waals surface area contributed by atoms with Gasteiger partial charge in [0.2, 0.25) is 5.89 Å². The van der Waals surface area contributed by atoms with Crippen LogP contribution in [0.15, 0.2) is 9.52 Å². The maximum atomic E-state index is 6.05. The van der Waals surface area contributed by atoms with Gasteiger partial charge in [-0.25, -0.2) is 0 Å². The molecule has 0 aliphatic heterocycles. The first-order valence-electron chi connectivity index (χ1n) is 10.5. The van der Waals surface area contributed by atoms with Crippen molar-refractivity contribution in [1.82, 2.24) is 20.8 Å². The molecule has 2 unspecified atom stereocenters. The van der Waals surface area contributed by atoms with Crippen molar-refractivity contribution in [2.75, 3.05) is 20.2 Å². The average Bonchev–Trinajstić information content (AvgIpc) is 3.16. The fraction of sp³-hybridized carbons (Fsp3) is 0.850. The summed E-state index contributed by atoms with van der Waals surface area (Å²) < 4.78 is 11.4. The van der Waals surface area contributed by atoms with Gasteiger partial charge in [0.15, 0.2) is 11.8 Å². The summed E-state index contributed by atoms with van der Waals surface area (Å²) in [7, 11) is 1.82. The van der Waals surface area contributed by atoms with Crippen molar-refractivity contribution in [3.63, 3.8) is 0 Å². The normalized spacial score (nSPS) is 24.0. The summed E-state index contributed by atoms with van der Waals surface area (Å²) in [6.07, 6.45) is 8.63. The Bertz CT molecular complexity index is 628. The minimum absolute atomic E-state index is 0. The van der Waals surface area contributed by atoms with E-state index in [2.05, 4.69) is 46.5 Å². The highest BCUT2D eigenvalue weighted by atomic mass is 127. The molecular formula is C20H36IN5O2. The zero-order chi connectivity index (χ0) is 19.3. The minimum atomic E-state index is 0. The number of nitrogens with zero attached hydrogens (tertiary/aromatic N) is 3. The predicted molar refractivity (Wildman–Crippen MR) is 121 cm³/mol. The monoisotopic (exact) mass is 505 g/mol. The van der Waals surface area contributed by atoms with Crippen molar-refractivity contribution in [3.8, 4) is 0 Å². The highest BCUT2D eigenvalue weighted by molar-refractivity contribution is 14.0. The quantitative estimate of drug-likeness (QED) is 0.335. The Morgan fingerprint density at radius 2 is 2.07 bits per heavy atom. The molecule has 0 saturated heterocycles. The van der Waals surface area contributed by atoms with Gasteiger partial charge in [-0.05, 0) is 26.2 Å². The Labute approximate surface area is 185 Å². The maximum absolute atomic E-state index is 6.05. The van der Waals surface area contributed by atoms with E-state index in [-0.39, 0.29) is 35.3 Å². The lowest BCUT2D eigenvalue weighted by Crippen LogP contribution is -2.66. The summed E-state index contributed by atoms with van der Waals surface area (Å²) in [5, 5.41) is 11.1. The number of aromatic nitrogens is 2. The van der Waals surface area contributed by atoms with E-state index in [0.717, 1.165) is 24.8 Å². The van der Waals surface area contributed by atoms with Gasteiger partial charge in [0.05, 0.1) is 6.10 Å². The Kier molecular flexibility index (Phi) is 8.98. The van der Waals surface area contributed by atoms with Gasteiger partial charge in [0.1, 0.15) is 0 Å². The molecule has 2 aliphatic carbocycles. The lowest BCUT2D eigenvalue weighted by molar-refractivity contribution is -0.145. The van der Waals surface area contributed by atoms with Gasteiger partial charge in [-0.3, -0.25) is 4.99 Å². The van der Waals surface area contributed by atoms with E-state index >= 15 is 0 Å². The van der Waals surface area contributed by atoms with Crippen molar-refractivity contribution >= 4 is 29.9 Å². The fourth-order valence-corrected chi connectivity index (χ4v) is 4.52. The summed E-state index contributed by atoms with van der Waals surface area (Å²) in [5.74, 6) is 2.57. The zero-order valence-corrected chi connectivity index (χ0v) is 20.0. The summed E-state index contributed by atoms with van der Waals surface area (Å²) in [6.45, 7) is 7.74. The van der Waals surface area contributed by atoms with Crippen LogP contribution in [0.4, 0.5) is 0 Å². The lowest BCUT2D eigenvalue weighted by Gasteiger charge is -2.57. The molecule has 7 nitrogen and oxygen atoms in total. The van der Waals surface area contributed by atoms with E-state index < -0.39 is 0 Å². The topological polar surface area (TPSA) is 84.6 Å². The molecule has 1 spiro atoms. The number of nitrogens with one attached hydrogen (secondary N) is 2. The zero-order valence-electron chi connectivity index (χ0n) is 17.7. The van der Waals surface area contributed by atoms with E-state index in [1.165, 1.54) is 32.1 Å². The molecule has 0 radical (unpaired) electrons. The van der Waals surface area contributed by atoms with Gasteiger partial charge in [-0.2, -0.15) is 4.98 Å². The first kappa shape index (κ1) is 23.4. The van der Waals surface area contributed by atoms with Crippen molar-refractivity contribution < 1.29 is 9.26 Å². The number of hydrogen-bond acceptors (Lipinski definition) is 5. The van der Waals surface area contributed by atoms with E-state index in [4.69, 9.17) is 9.26 Å². The lowest BCUT2D eigenvalue weighted by atomic mass is 9.55. The molecule has 0 amide bonds. The number of rotatable bonds is 7. The third-order valence-corrected chi connectivity index (χ3v) is 6.10. The van der Waals surface area contributed by atoms with E-state index in [9.17, 15) is 0 Å². The molecule has 1 aromatic rings. The van der Waals surface area contributed by atoms with Crippen LogP contribution in [-0.2, 0) is 11.2 Å². The number of halogens is 1. The summed E-state index contributed by atoms with van der Waals surface area (Å²) in [5.41, 5.74) is 0.282. The first-order chi connectivity index (χ1) is 13.1. The van der Waals surface area contributed by atoms with Gasteiger partial charge in [0.25, 0.3) is 0 Å². The van der Waals surface area contributed by atoms with Crippen LogP contribution in [-0.4, -0.2) is 48.4 Å². The van der Waals surface area contributed by atoms with Crippen LogP contribution in [0.1, 0.15) is 76.9 Å². The van der Waals surface area contributed by atoms with E-state index in [0.29, 0.717) is 31.0 Å². The van der Waals surface area contributed by atoms with Crippen LogP contribution in [0.2, 0.25) is 0 Å². The second kappa shape index (κ2) is 10.8. The van der Waals surface area contributed by atoms with Crippen molar-refractivity contribution in [2.24, 2.45) is 10.4 Å². The molecule has 2 saturated carbocycles. The largest absolute Gasteiger partial charge is 0.378 e. The van der Waals surface area contributed by atoms with Gasteiger partial charge < -0.3 is 19.9 Å². The standard InChI is InChI=1S/C20H35N5O2.HI/c1-5-26-16-13-15(20(16)10-7-6-8-11-20)23-19(21-4)22-12-9-17-24-18(14(2)3)25-27-17;/h14-16H,5-13H2,1-4H3,(H2,21,22,23);1H. The summed E-state index contributed by atoms with van der Waals surface area (Å²) in [6, 6.07) is 0.441. The second-order valence-corrected chi connectivity index (χ2v) is 8.12. The predicted octanol–water partition coefficient (Wildman–Crippen LogP) is 3.65. The Morgan fingerprint density at radius 1 is 1.32 bits per heavy atom. The second-order valence-electron chi connectivity index (χ2n) is 8.12. The highest BCUT2D eigenvalue weighted by Crippen LogP contribution is 2.53. The smallest absolute Gasteiger partial charge is 0.228 e. The van der Waals surface area contributed by atoms with Gasteiger partial charge in [-0.1, -0.05) is 38.3 Å². The average molecular weight is 505 g/mol. The molecule has 160 valence electrons. The van der Waals surface area contributed by atoms with Crippen LogP contribution in [0.3, 0.4) is 0 Å². The maximum Gasteiger partial charge on any atom is 0.228 e. The van der Waals surface area contributed by atoms with Crippen LogP contribution >= 0.6 is 24.0 Å². The van der Waals surface area contributed by atoms with Crippen LogP contribution < -0.4 is 10.6 Å². The number of hydrogen-bond donors (Lipinski definition) is 2. The molecule has 2 atom stereocenters. The van der Waals surface area contributed by atoms with Crippen molar-refractivity contribution in [3.05, 3.63) is 11.7 Å². The minimum Gasteiger partial charge on any atom is -0.378 e. The molecule has 0 bridgehead atoms. The Morgan fingerprint density at radius 3 is 2.68 bits per heavy atom. The Hall–Kier alpha value is -0.900. The summed E-state index contributed by atoms with van der Waals surface area (Å²) >= 11 is 0. The van der Waals surface area contributed by atoms with Crippen LogP contribution in [0.25, 0.3) is 0 Å². The summed E-state index contributed by atoms with van der Waals surface area (Å²) in [4.78, 5) is 8.84. The fourth-order valence-electron chi connectivity index (χ4n) is 4.52. The molecule has 1 aromatic heterocycles. The van der Waals surface area contributed by atoms with Gasteiger partial charge in [-0.15, -0.1) is 24.0 Å². The molecule has 8 heteroatoms. The SMILES string of the molecule is CCOC1CC(NC(=NC)NCCc2nc(C(C)C)no2)C12CCCCC2.I. The first-order valence-corrected chi connectivity index (χ1v) is 10.5. The number of guanidine groups is 1. The van der Waals surface area contributed by atoms with Gasteiger partial charge in [0, 0.05) is 44.0 Å². The van der Waals surface area contributed by atoms with Crippen molar-refractivity contribution in [2.45, 2.75) is 83.8 Å². The third-order valence-electron chi connectivity index (χ3n) is 6.10. The molecule has 0 aromatic carbocycles. The van der Waals surface area contributed by atoms with Gasteiger partial charge >= 0.3 is 0 Å². The number of ether oxygens (including phenoxy) is 1. The highest BCUT2D eigenvalue weighted by Gasteiger charge is 2.55. The van der Waals surface area contributed by atoms with Crippen LogP contribution in [0, 0.1) is 5.41 Å². The van der Waals surface area contributed by atoms with Crippen LogP contribution in [0.5, 0.6) is 0 Å². The molecule has 2 aliphatic rings. The molecule has 1 heterocycles. The molecule has 2 N–H and O–H groups in total. The molecule has 3 rings (SSSR count). The van der Waals surface area contributed by atoms with E-state index in [1.807, 2.05) is 7.05 Å². The third kappa shape index (κ3) is 5.17. The van der Waals surface area contributed by atoms with Crippen molar-refractivity contribution in [1.29, 1.82) is 0 Å². The molecule has 2 fully saturated rings. The molecule has 28 heavy (non-hydrogen) atoms. The number of aliphatic imine (C=N–C) groups is 1. The Balaban J connectivity index is 0.00000280. The molecular weight excluding hydrogens is 469 g/mol.